The van der Waals surface area contributed by atoms with Gasteiger partial charge in [0.1, 0.15) is 6.04 Å². The van der Waals surface area contributed by atoms with Crippen LogP contribution in [-0.2, 0) is 4.79 Å². The van der Waals surface area contributed by atoms with Crippen molar-refractivity contribution in [1.82, 2.24) is 0 Å². The Bertz CT molecular complexity index is 192. The van der Waals surface area contributed by atoms with Crippen LogP contribution in [0.1, 0.15) is 12.8 Å². The number of rotatable bonds is 5. The second-order valence-corrected chi connectivity index (χ2v) is 2.39. The summed E-state index contributed by atoms with van der Waals surface area (Å²) in [5, 5.41) is 8.38. The van der Waals surface area contributed by atoms with Gasteiger partial charge in [0.05, 0.1) is 0 Å². The van der Waals surface area contributed by atoms with Crippen molar-refractivity contribution in [1.29, 1.82) is 5.59 Å². The molecule has 0 aromatic carbocycles. The van der Waals surface area contributed by atoms with Gasteiger partial charge >= 0.3 is 5.97 Å². The Morgan fingerprint density at radius 3 is 2.29 bits per heavy atom. The summed E-state index contributed by atoms with van der Waals surface area (Å²) in [5.74, 6) is -0.987. The molecular weight excluding hydrogens is 190 g/mol. The highest BCUT2D eigenvalue weighted by molar-refractivity contribution is 5.75. The second kappa shape index (κ2) is 9.39. The Balaban J connectivity index is 0. The van der Waals surface area contributed by atoms with Crippen LogP contribution in [0.3, 0.4) is 0 Å². The molecule has 0 spiro atoms. The first-order valence-electron chi connectivity index (χ1n) is 3.78. The van der Waals surface area contributed by atoms with E-state index in [0.29, 0.717) is 19.4 Å². The van der Waals surface area contributed by atoms with Crippen LogP contribution in [0.25, 0.3) is 0 Å². The predicted molar refractivity (Wildman–Crippen MR) is 51.6 cm³/mol. The first kappa shape index (κ1) is 14.8. The molecule has 0 saturated heterocycles. The average molecular weight is 205 g/mol. The Hall–Kier alpha value is -1.70. The van der Waals surface area contributed by atoms with E-state index in [9.17, 15) is 4.79 Å². The van der Waals surface area contributed by atoms with Crippen molar-refractivity contribution in [3.63, 3.8) is 0 Å². The van der Waals surface area contributed by atoms with E-state index in [0.717, 1.165) is 0 Å². The number of nitrogens with zero attached hydrogens (tertiary/aromatic N) is 1. The van der Waals surface area contributed by atoms with Gasteiger partial charge in [0.25, 0.3) is 0 Å². The number of nitrogens with two attached hydrogens (primary N) is 3. The van der Waals surface area contributed by atoms with Crippen molar-refractivity contribution in [3.8, 4) is 0 Å². The molecule has 0 rings (SSSR count). The van der Waals surface area contributed by atoms with Crippen molar-refractivity contribution in [2.75, 3.05) is 6.54 Å². The van der Waals surface area contributed by atoms with Crippen molar-refractivity contribution in [2.45, 2.75) is 18.9 Å². The van der Waals surface area contributed by atoms with E-state index in [4.69, 9.17) is 27.2 Å². The molecule has 0 fully saturated rings. The van der Waals surface area contributed by atoms with Crippen molar-refractivity contribution >= 4 is 11.9 Å². The third-order valence-electron chi connectivity index (χ3n) is 1.28. The molecule has 8 nitrogen and oxygen atoms in total. The van der Waals surface area contributed by atoms with Crippen molar-refractivity contribution < 1.29 is 9.90 Å². The molecule has 0 heterocycles. The maximum Gasteiger partial charge on any atom is 0.320 e. The zero-order chi connectivity index (χ0) is 11.6. The van der Waals surface area contributed by atoms with E-state index >= 15 is 0 Å². The SMILES string of the molecule is N=O.NC(N)=NCCC[C@H](N)C(=O)O. The smallest absolute Gasteiger partial charge is 0.320 e. The number of aliphatic imine (C=N–C) groups is 1. The Labute approximate surface area is 80.9 Å². The fraction of sp³-hybridized carbons (Fsp3) is 0.667. The van der Waals surface area contributed by atoms with Gasteiger partial charge in [-0.05, 0) is 12.8 Å². The maximum atomic E-state index is 10.2. The summed E-state index contributed by atoms with van der Waals surface area (Å²) in [6, 6.07) is -0.820. The fourth-order valence-electron chi connectivity index (χ4n) is 0.643. The first-order chi connectivity index (χ1) is 6.54. The highest BCUT2D eigenvalue weighted by Crippen LogP contribution is 1.94. The number of guanidine groups is 1. The lowest BCUT2D eigenvalue weighted by Crippen LogP contribution is -2.30. The van der Waals surface area contributed by atoms with Crippen LogP contribution in [0.5, 0.6) is 0 Å². The van der Waals surface area contributed by atoms with Gasteiger partial charge in [0, 0.05) is 6.54 Å². The summed E-state index contributed by atoms with van der Waals surface area (Å²) in [4.78, 5) is 21.4. The molecule has 0 aromatic heterocycles. The minimum atomic E-state index is -1.00. The summed E-state index contributed by atoms with van der Waals surface area (Å²) >= 11 is 0. The van der Waals surface area contributed by atoms with Crippen molar-refractivity contribution in [2.24, 2.45) is 22.2 Å². The molecule has 8 N–H and O–H groups in total. The van der Waals surface area contributed by atoms with E-state index in [1.807, 2.05) is 0 Å². The number of nitrogens with one attached hydrogen (secondary N) is 1. The minimum Gasteiger partial charge on any atom is -0.480 e. The largest absolute Gasteiger partial charge is 0.480 e. The van der Waals surface area contributed by atoms with E-state index in [-0.39, 0.29) is 5.96 Å². The minimum absolute atomic E-state index is 0.0129. The maximum absolute atomic E-state index is 10.2. The van der Waals surface area contributed by atoms with Crippen LogP contribution in [-0.4, -0.2) is 29.6 Å². The van der Waals surface area contributed by atoms with Gasteiger partial charge in [-0.25, -0.2) is 0 Å². The molecule has 0 amide bonds. The highest BCUT2D eigenvalue weighted by Gasteiger charge is 2.09. The molecule has 0 aliphatic heterocycles. The zero-order valence-corrected chi connectivity index (χ0v) is 7.64. The normalized spacial score (nSPS) is 10.6. The number of carboxylic acid groups (broad SMARTS) is 1. The van der Waals surface area contributed by atoms with Gasteiger partial charge in [-0.3, -0.25) is 9.79 Å². The van der Waals surface area contributed by atoms with Crippen LogP contribution >= 0.6 is 0 Å². The number of nitroso groups, excluding NO2 is 1. The summed E-state index contributed by atoms with van der Waals surface area (Å²) in [7, 11) is 0. The van der Waals surface area contributed by atoms with Gasteiger partial charge < -0.3 is 22.3 Å². The lowest BCUT2D eigenvalue weighted by Gasteiger charge is -2.03. The van der Waals surface area contributed by atoms with Gasteiger partial charge in [-0.2, -0.15) is 4.91 Å². The lowest BCUT2D eigenvalue weighted by atomic mass is 10.2. The monoisotopic (exact) mass is 205 g/mol. The quantitative estimate of drug-likeness (QED) is 0.163. The van der Waals surface area contributed by atoms with Crippen LogP contribution in [0, 0.1) is 10.5 Å². The Kier molecular flexibility index (Phi) is 9.93. The zero-order valence-electron chi connectivity index (χ0n) is 7.64. The first-order valence-corrected chi connectivity index (χ1v) is 3.78. The third kappa shape index (κ3) is 10.3. The molecule has 0 aromatic rings. The van der Waals surface area contributed by atoms with Crippen LogP contribution in [0.15, 0.2) is 4.99 Å². The van der Waals surface area contributed by atoms with Crippen LogP contribution in [0.2, 0.25) is 0 Å². The molecule has 82 valence electrons. The molecule has 0 bridgehead atoms. The van der Waals surface area contributed by atoms with E-state index in [1.165, 1.54) is 0 Å². The van der Waals surface area contributed by atoms with E-state index in [1.54, 1.807) is 0 Å². The van der Waals surface area contributed by atoms with Gasteiger partial charge in [-0.15, -0.1) is 0 Å². The number of hydrogen-bond donors (Lipinski definition) is 5. The third-order valence-corrected chi connectivity index (χ3v) is 1.28. The molecule has 0 aliphatic carbocycles. The number of carbonyl (C=O) groups is 1. The average Bonchev–Trinajstić information content (AvgIpc) is 2.15. The van der Waals surface area contributed by atoms with Crippen molar-refractivity contribution in [3.05, 3.63) is 4.91 Å². The summed E-state index contributed by atoms with van der Waals surface area (Å²) in [5.41, 5.74) is 19.8. The van der Waals surface area contributed by atoms with Crippen LogP contribution < -0.4 is 17.2 Å². The molecule has 8 heteroatoms. The number of aliphatic carboxylic acids is 1. The molecule has 0 unspecified atom stereocenters. The molecule has 0 saturated carbocycles. The van der Waals surface area contributed by atoms with Crippen LogP contribution in [0.4, 0.5) is 0 Å². The molecule has 14 heavy (non-hydrogen) atoms. The standard InChI is InChI=1S/C6H14N4O2.HNO/c7-4(5(11)12)2-1-3-10-6(8)9;1-2/h4H,1-3,7H2,(H,11,12)(H4,8,9,10);1H/t4-;/m0./s1. The molecule has 0 radical (unpaired) electrons. The number of hydrogen-bond acceptors (Lipinski definition) is 5. The summed E-state index contributed by atoms with van der Waals surface area (Å²) in [6.07, 6.45) is 0.956. The lowest BCUT2D eigenvalue weighted by molar-refractivity contribution is -0.138. The topological polar surface area (TPSA) is 169 Å². The van der Waals surface area contributed by atoms with Gasteiger partial charge in [0.2, 0.25) is 0 Å². The molecule has 1 atom stereocenters. The fourth-order valence-corrected chi connectivity index (χ4v) is 0.643. The van der Waals surface area contributed by atoms with E-state index < -0.39 is 12.0 Å². The summed E-state index contributed by atoms with van der Waals surface area (Å²) < 4.78 is 0. The van der Waals surface area contributed by atoms with Gasteiger partial charge in [0.15, 0.2) is 5.96 Å². The Morgan fingerprint density at radius 1 is 1.43 bits per heavy atom. The Morgan fingerprint density at radius 2 is 1.93 bits per heavy atom. The summed E-state index contributed by atoms with van der Waals surface area (Å²) in [6.45, 7) is 0.420. The number of carboxylic acids is 1. The highest BCUT2D eigenvalue weighted by atomic mass is 16.4. The molecular formula is C6H15N5O3. The molecule has 0 aliphatic rings. The predicted octanol–water partition coefficient (Wildman–Crippen LogP) is -1.22. The second-order valence-electron chi connectivity index (χ2n) is 2.39. The van der Waals surface area contributed by atoms with Gasteiger partial charge in [-0.1, -0.05) is 5.59 Å². The van der Waals surface area contributed by atoms with E-state index in [2.05, 4.69) is 10.6 Å².